The summed E-state index contributed by atoms with van der Waals surface area (Å²) in [6, 6.07) is 8.64. The Labute approximate surface area is 156 Å². The highest BCUT2D eigenvalue weighted by atomic mass is 16.6. The zero-order valence-corrected chi connectivity index (χ0v) is 14.7. The summed E-state index contributed by atoms with van der Waals surface area (Å²) in [4.78, 5) is 25.1. The Morgan fingerprint density at radius 1 is 1.04 bits per heavy atom. The molecular weight excluding hydrogens is 344 g/mol. The molecule has 0 atom stereocenters. The first kappa shape index (κ1) is 16.1. The van der Waals surface area contributed by atoms with E-state index in [4.69, 9.17) is 4.74 Å². The Bertz CT molecular complexity index is 994. The van der Waals surface area contributed by atoms with Gasteiger partial charge in [0.05, 0.1) is 10.5 Å². The molecule has 0 unspecified atom stereocenters. The number of hydrogen-bond acceptors (Lipinski definition) is 5. The molecule has 0 saturated heterocycles. The number of nitro groups is 1. The number of nitro benzene ring substituents is 1. The molecule has 0 saturated carbocycles. The third-order valence-corrected chi connectivity index (χ3v) is 5.55. The topological polar surface area (TPSA) is 72.7 Å². The summed E-state index contributed by atoms with van der Waals surface area (Å²) < 4.78 is 5.41. The van der Waals surface area contributed by atoms with Crippen molar-refractivity contribution in [1.82, 2.24) is 0 Å². The van der Waals surface area contributed by atoms with E-state index < -0.39 is 10.9 Å². The Hall–Kier alpha value is -3.15. The second-order valence-electron chi connectivity index (χ2n) is 7.27. The highest BCUT2D eigenvalue weighted by molar-refractivity contribution is 6.06. The quantitative estimate of drug-likeness (QED) is 0.459. The molecule has 0 aliphatic carbocycles. The number of non-ortho nitro benzene ring substituents is 1. The maximum Gasteiger partial charge on any atom is 0.344 e. The maximum absolute atomic E-state index is 12.2. The minimum Gasteiger partial charge on any atom is -0.422 e. The Balaban J connectivity index is 1.57. The van der Waals surface area contributed by atoms with Crippen molar-refractivity contribution in [3.8, 4) is 0 Å². The predicted octanol–water partition coefficient (Wildman–Crippen LogP) is 3.96. The van der Waals surface area contributed by atoms with Crippen molar-refractivity contribution in [2.45, 2.75) is 25.7 Å². The molecule has 0 spiro atoms. The van der Waals surface area contributed by atoms with Crippen LogP contribution in [-0.4, -0.2) is 24.0 Å². The number of rotatable bonds is 2. The van der Waals surface area contributed by atoms with Crippen LogP contribution in [0.25, 0.3) is 11.8 Å². The van der Waals surface area contributed by atoms with Crippen LogP contribution in [-0.2, 0) is 17.6 Å². The molecule has 5 rings (SSSR count). The molecule has 2 aromatic rings. The van der Waals surface area contributed by atoms with Gasteiger partial charge in [0.15, 0.2) is 0 Å². The van der Waals surface area contributed by atoms with Crippen LogP contribution in [0, 0.1) is 10.1 Å². The molecule has 3 aliphatic rings. The summed E-state index contributed by atoms with van der Waals surface area (Å²) in [5.41, 5.74) is 5.89. The molecule has 0 fully saturated rings. The minimum absolute atomic E-state index is 0.106. The molecule has 3 aliphatic heterocycles. The van der Waals surface area contributed by atoms with Crippen LogP contribution in [0.5, 0.6) is 0 Å². The predicted molar refractivity (Wildman–Crippen MR) is 102 cm³/mol. The summed E-state index contributed by atoms with van der Waals surface area (Å²) >= 11 is 0. The van der Waals surface area contributed by atoms with E-state index in [1.54, 1.807) is 6.07 Å². The average molecular weight is 362 g/mol. The molecule has 0 N–H and O–H groups in total. The van der Waals surface area contributed by atoms with Crippen molar-refractivity contribution in [3.05, 3.63) is 68.3 Å². The standard InChI is InChI=1S/C21H18N2O4/c24-21-18-12-16(23(25)26)5-6-17(18)19(27-21)11-13-9-14-3-1-7-22-8-2-4-15(10-13)20(14)22/h5-6,9-12H,1-4,7-8H2/b19-11+. The van der Waals surface area contributed by atoms with E-state index in [2.05, 4.69) is 17.0 Å². The van der Waals surface area contributed by atoms with Crippen molar-refractivity contribution in [2.24, 2.45) is 0 Å². The van der Waals surface area contributed by atoms with Gasteiger partial charge in [0, 0.05) is 36.5 Å². The highest BCUT2D eigenvalue weighted by Crippen LogP contribution is 2.38. The van der Waals surface area contributed by atoms with Crippen molar-refractivity contribution in [2.75, 3.05) is 18.0 Å². The van der Waals surface area contributed by atoms with Crippen molar-refractivity contribution >= 4 is 29.2 Å². The first-order valence-electron chi connectivity index (χ1n) is 9.23. The van der Waals surface area contributed by atoms with Gasteiger partial charge in [0.2, 0.25) is 0 Å². The van der Waals surface area contributed by atoms with E-state index in [-0.39, 0.29) is 11.3 Å². The van der Waals surface area contributed by atoms with E-state index in [1.165, 1.54) is 28.9 Å². The second-order valence-corrected chi connectivity index (χ2v) is 7.27. The lowest BCUT2D eigenvalue weighted by molar-refractivity contribution is -0.384. The molecular formula is C21H18N2O4. The van der Waals surface area contributed by atoms with Gasteiger partial charge in [-0.15, -0.1) is 0 Å². The van der Waals surface area contributed by atoms with Crippen LogP contribution in [0.15, 0.2) is 30.3 Å². The van der Waals surface area contributed by atoms with Crippen molar-refractivity contribution in [1.29, 1.82) is 0 Å². The van der Waals surface area contributed by atoms with E-state index in [0.717, 1.165) is 44.3 Å². The molecule has 0 aromatic heterocycles. The number of ether oxygens (including phenoxy) is 1. The van der Waals surface area contributed by atoms with E-state index in [0.29, 0.717) is 11.3 Å². The van der Waals surface area contributed by atoms with E-state index in [1.807, 2.05) is 6.08 Å². The molecule has 6 nitrogen and oxygen atoms in total. The van der Waals surface area contributed by atoms with Crippen LogP contribution < -0.4 is 4.90 Å². The Kier molecular flexibility index (Phi) is 3.53. The highest BCUT2D eigenvalue weighted by Gasteiger charge is 2.29. The van der Waals surface area contributed by atoms with Gasteiger partial charge in [-0.1, -0.05) is 0 Å². The summed E-state index contributed by atoms with van der Waals surface area (Å²) in [5.74, 6) is -0.0778. The summed E-state index contributed by atoms with van der Waals surface area (Å²) in [5, 5.41) is 11.0. The summed E-state index contributed by atoms with van der Waals surface area (Å²) in [6.45, 7) is 2.26. The fraction of sp³-hybridized carbons (Fsp3) is 0.286. The van der Waals surface area contributed by atoms with Crippen LogP contribution >= 0.6 is 0 Å². The Morgan fingerprint density at radius 3 is 2.41 bits per heavy atom. The number of hydrogen-bond donors (Lipinski definition) is 0. The van der Waals surface area contributed by atoms with Gasteiger partial charge in [0.1, 0.15) is 5.76 Å². The molecule has 136 valence electrons. The van der Waals surface area contributed by atoms with Crippen LogP contribution in [0.4, 0.5) is 11.4 Å². The number of nitrogens with zero attached hydrogens (tertiary/aromatic N) is 2. The van der Waals surface area contributed by atoms with Crippen molar-refractivity contribution in [3.63, 3.8) is 0 Å². The molecule has 3 heterocycles. The third-order valence-electron chi connectivity index (χ3n) is 5.55. The fourth-order valence-electron chi connectivity index (χ4n) is 4.41. The van der Waals surface area contributed by atoms with Crippen LogP contribution in [0.1, 0.15) is 45.5 Å². The zero-order valence-electron chi connectivity index (χ0n) is 14.7. The van der Waals surface area contributed by atoms with Crippen LogP contribution in [0.2, 0.25) is 0 Å². The van der Waals surface area contributed by atoms with Crippen molar-refractivity contribution < 1.29 is 14.5 Å². The second kappa shape index (κ2) is 5.94. The molecule has 0 radical (unpaired) electrons. The van der Waals surface area contributed by atoms with Crippen LogP contribution in [0.3, 0.4) is 0 Å². The number of carbonyl (C=O) groups is 1. The lowest BCUT2D eigenvalue weighted by Crippen LogP contribution is -2.34. The normalized spacial score (nSPS) is 18.9. The maximum atomic E-state index is 12.2. The largest absolute Gasteiger partial charge is 0.422 e. The first-order chi connectivity index (χ1) is 13.1. The lowest BCUT2D eigenvalue weighted by atomic mass is 9.90. The third kappa shape index (κ3) is 2.60. The Morgan fingerprint density at radius 2 is 1.74 bits per heavy atom. The SMILES string of the molecule is O=C1O/C(=C/c2cc3c4c(c2)CCCN4CCC3)c2ccc([N+](=O)[O-])cc21. The number of anilines is 1. The van der Waals surface area contributed by atoms with Gasteiger partial charge in [-0.25, -0.2) is 4.79 Å². The molecule has 6 heteroatoms. The molecule has 2 aromatic carbocycles. The van der Waals surface area contributed by atoms with E-state index >= 15 is 0 Å². The van der Waals surface area contributed by atoms with Gasteiger partial charge in [-0.05, 0) is 66.6 Å². The number of aryl methyl sites for hydroxylation is 2. The monoisotopic (exact) mass is 362 g/mol. The number of esters is 1. The van der Waals surface area contributed by atoms with Gasteiger partial charge in [-0.2, -0.15) is 0 Å². The number of carbonyl (C=O) groups excluding carboxylic acids is 1. The van der Waals surface area contributed by atoms with Gasteiger partial charge in [-0.3, -0.25) is 10.1 Å². The molecule has 27 heavy (non-hydrogen) atoms. The van der Waals surface area contributed by atoms with Gasteiger partial charge < -0.3 is 9.64 Å². The number of fused-ring (bicyclic) bond motifs is 1. The zero-order chi connectivity index (χ0) is 18.5. The van der Waals surface area contributed by atoms with Gasteiger partial charge in [0.25, 0.3) is 5.69 Å². The van der Waals surface area contributed by atoms with Gasteiger partial charge >= 0.3 is 5.97 Å². The van der Waals surface area contributed by atoms with E-state index in [9.17, 15) is 14.9 Å². The minimum atomic E-state index is -0.537. The number of benzene rings is 2. The average Bonchev–Trinajstić information content (AvgIpc) is 2.97. The summed E-state index contributed by atoms with van der Waals surface area (Å²) in [6.07, 6.45) is 6.33. The first-order valence-corrected chi connectivity index (χ1v) is 9.23. The lowest BCUT2D eigenvalue weighted by Gasteiger charge is -2.37. The molecule has 0 bridgehead atoms. The molecule has 0 amide bonds. The summed E-state index contributed by atoms with van der Waals surface area (Å²) in [7, 11) is 0. The smallest absolute Gasteiger partial charge is 0.344 e. The number of cyclic esters (lactones) is 1. The fourth-order valence-corrected chi connectivity index (χ4v) is 4.41.